The minimum absolute atomic E-state index is 0.0732. The summed E-state index contributed by atoms with van der Waals surface area (Å²) < 4.78 is 4.52. The molecule has 0 spiro atoms. The molecular formula is C65H46N4. The zero-order valence-electron chi connectivity index (χ0n) is 38.4. The van der Waals surface area contributed by atoms with Gasteiger partial charge in [-0.1, -0.05) is 178 Å². The van der Waals surface area contributed by atoms with Crippen molar-refractivity contribution in [3.63, 3.8) is 0 Å². The fourth-order valence-electron chi connectivity index (χ4n) is 10.6. The Hall–Kier alpha value is -8.86. The zero-order valence-corrected chi connectivity index (χ0v) is 38.4. The summed E-state index contributed by atoms with van der Waals surface area (Å²) in [7, 11) is 0. The van der Waals surface area contributed by atoms with Gasteiger partial charge in [-0.2, -0.15) is 0 Å². The molecule has 13 rings (SSSR count). The molecule has 69 heavy (non-hydrogen) atoms. The van der Waals surface area contributed by atoms with E-state index in [9.17, 15) is 0 Å². The second-order valence-corrected chi connectivity index (χ2v) is 18.7. The van der Waals surface area contributed by atoms with Crippen LogP contribution in [0.25, 0.3) is 112 Å². The smallest absolute Gasteiger partial charge is 0.145 e. The predicted octanol–water partition coefficient (Wildman–Crippen LogP) is 16.7. The summed E-state index contributed by atoms with van der Waals surface area (Å²) in [4.78, 5) is 10.3. The summed E-state index contributed by atoms with van der Waals surface area (Å²) in [5.74, 6) is 1.83. The lowest BCUT2D eigenvalue weighted by molar-refractivity contribution is 0.660. The Morgan fingerprint density at radius 1 is 0.290 bits per heavy atom. The van der Waals surface area contributed by atoms with Gasteiger partial charge in [0.25, 0.3) is 0 Å². The van der Waals surface area contributed by atoms with Gasteiger partial charge < -0.3 is 0 Å². The Bertz CT molecular complexity index is 3720. The summed E-state index contributed by atoms with van der Waals surface area (Å²) >= 11 is 0. The van der Waals surface area contributed by atoms with Gasteiger partial charge in [0, 0.05) is 27.9 Å². The van der Waals surface area contributed by atoms with E-state index in [0.29, 0.717) is 0 Å². The van der Waals surface area contributed by atoms with E-state index in [0.717, 1.165) is 84.0 Å². The van der Waals surface area contributed by atoms with Crippen molar-refractivity contribution in [3.8, 4) is 89.8 Å². The summed E-state index contributed by atoms with van der Waals surface area (Å²) in [6.07, 6.45) is 0. The van der Waals surface area contributed by atoms with Crippen LogP contribution in [0.3, 0.4) is 0 Å². The molecule has 0 radical (unpaired) electrons. The molecule has 2 heterocycles. The van der Waals surface area contributed by atoms with Crippen molar-refractivity contribution in [2.24, 2.45) is 0 Å². The third-order valence-electron chi connectivity index (χ3n) is 14.1. The summed E-state index contributed by atoms with van der Waals surface area (Å²) in [6, 6.07) is 87.5. The average molecular weight is 883 g/mol. The van der Waals surface area contributed by atoms with Crippen molar-refractivity contribution in [1.29, 1.82) is 0 Å². The van der Waals surface area contributed by atoms with E-state index >= 15 is 0 Å². The molecule has 1 aliphatic rings. The highest BCUT2D eigenvalue weighted by atomic mass is 15.1. The monoisotopic (exact) mass is 882 g/mol. The lowest BCUT2D eigenvalue weighted by atomic mass is 9.81. The molecule has 0 saturated heterocycles. The van der Waals surface area contributed by atoms with E-state index in [1.807, 2.05) is 0 Å². The van der Waals surface area contributed by atoms with Crippen LogP contribution in [0.5, 0.6) is 0 Å². The first-order valence-corrected chi connectivity index (χ1v) is 23.7. The number of fused-ring (bicyclic) bond motifs is 5. The standard InChI is InChI=1S/C65H46N4/c1-65(2)57-23-10-9-22-55(57)56-37-36-49(42-58(56)65)47-16-15-17-48(38-47)52-40-50(43-28-32-45(33-29-43)63-66-59-24-11-13-26-61(59)68(63)53-18-5-3-6-19-53)39-51(41-52)44-30-34-46(35-31-44)64-67-60-25-12-14-27-62(60)69(64)54-20-7-4-8-21-54/h3-42H,1-2H3. The van der Waals surface area contributed by atoms with Gasteiger partial charge in [-0.15, -0.1) is 0 Å². The fraction of sp³-hybridized carbons (Fsp3) is 0.0462. The molecule has 12 aromatic rings. The number of hydrogen-bond acceptors (Lipinski definition) is 2. The van der Waals surface area contributed by atoms with E-state index in [1.54, 1.807) is 0 Å². The first-order chi connectivity index (χ1) is 33.9. The number of imidazole rings is 2. The Morgan fingerprint density at radius 2 is 0.681 bits per heavy atom. The van der Waals surface area contributed by atoms with Crippen LogP contribution in [0.2, 0.25) is 0 Å². The van der Waals surface area contributed by atoms with Crippen LogP contribution in [0.1, 0.15) is 25.0 Å². The highest BCUT2D eigenvalue weighted by Crippen LogP contribution is 2.50. The van der Waals surface area contributed by atoms with E-state index in [1.165, 1.54) is 38.9 Å². The molecule has 0 amide bonds. The fourth-order valence-corrected chi connectivity index (χ4v) is 10.6. The van der Waals surface area contributed by atoms with Crippen LogP contribution in [-0.4, -0.2) is 19.1 Å². The maximum Gasteiger partial charge on any atom is 0.145 e. The molecule has 0 aliphatic heterocycles. The van der Waals surface area contributed by atoms with Crippen LogP contribution in [0.15, 0.2) is 243 Å². The SMILES string of the molecule is CC1(C)c2ccccc2-c2ccc(-c3cccc(-c4cc(-c5ccc(-c6nc7ccccc7n6-c6ccccc6)cc5)cc(-c5ccc(-c6nc7ccccc7n6-c6ccccc6)cc5)c4)c3)cc21. The maximum absolute atomic E-state index is 5.16. The van der Waals surface area contributed by atoms with Crippen molar-refractivity contribution in [2.75, 3.05) is 0 Å². The largest absolute Gasteiger partial charge is 0.292 e. The minimum atomic E-state index is -0.0732. The maximum atomic E-state index is 5.16. The molecule has 0 saturated carbocycles. The first kappa shape index (κ1) is 40.4. The molecule has 1 aliphatic carbocycles. The Kier molecular flexibility index (Phi) is 9.48. The molecule has 326 valence electrons. The molecule has 0 fully saturated rings. The third-order valence-corrected chi connectivity index (χ3v) is 14.1. The number of benzene rings is 10. The van der Waals surface area contributed by atoms with Gasteiger partial charge in [0.2, 0.25) is 0 Å². The van der Waals surface area contributed by atoms with Crippen LogP contribution >= 0.6 is 0 Å². The lowest BCUT2D eigenvalue weighted by Gasteiger charge is -2.22. The van der Waals surface area contributed by atoms with Gasteiger partial charge in [0.05, 0.1) is 22.1 Å². The first-order valence-electron chi connectivity index (χ1n) is 23.7. The highest BCUT2D eigenvalue weighted by molar-refractivity contribution is 5.89. The second kappa shape index (κ2) is 16.2. The van der Waals surface area contributed by atoms with E-state index < -0.39 is 0 Å². The van der Waals surface area contributed by atoms with Crippen molar-refractivity contribution in [1.82, 2.24) is 19.1 Å². The van der Waals surface area contributed by atoms with Crippen molar-refractivity contribution < 1.29 is 0 Å². The van der Waals surface area contributed by atoms with E-state index in [2.05, 4.69) is 266 Å². The molecule has 4 nitrogen and oxygen atoms in total. The van der Waals surface area contributed by atoms with Crippen molar-refractivity contribution in [3.05, 3.63) is 254 Å². The van der Waals surface area contributed by atoms with E-state index in [-0.39, 0.29) is 5.41 Å². The van der Waals surface area contributed by atoms with Crippen molar-refractivity contribution in [2.45, 2.75) is 19.3 Å². The van der Waals surface area contributed by atoms with E-state index in [4.69, 9.17) is 9.97 Å². The quantitative estimate of drug-likeness (QED) is 0.152. The topological polar surface area (TPSA) is 35.6 Å². The molecule has 0 atom stereocenters. The predicted molar refractivity (Wildman–Crippen MR) is 286 cm³/mol. The molecule has 10 aromatic carbocycles. The van der Waals surface area contributed by atoms with Gasteiger partial charge in [-0.3, -0.25) is 9.13 Å². The molecule has 0 bridgehead atoms. The van der Waals surface area contributed by atoms with Gasteiger partial charge in [-0.05, 0) is 146 Å². The highest BCUT2D eigenvalue weighted by Gasteiger charge is 2.35. The van der Waals surface area contributed by atoms with Crippen LogP contribution in [-0.2, 0) is 5.41 Å². The molecular weight excluding hydrogens is 837 g/mol. The summed E-state index contributed by atoms with van der Waals surface area (Å²) in [5.41, 5.74) is 23.0. The molecule has 2 aromatic heterocycles. The number of hydrogen-bond donors (Lipinski definition) is 0. The Balaban J connectivity index is 0.917. The number of rotatable bonds is 8. The number of para-hydroxylation sites is 6. The Morgan fingerprint density at radius 3 is 1.23 bits per heavy atom. The van der Waals surface area contributed by atoms with Gasteiger partial charge in [-0.25, -0.2) is 9.97 Å². The van der Waals surface area contributed by atoms with Crippen molar-refractivity contribution >= 4 is 22.1 Å². The molecule has 0 N–H and O–H groups in total. The number of nitrogens with zero attached hydrogens (tertiary/aromatic N) is 4. The Labute approximate surface area is 402 Å². The normalized spacial score (nSPS) is 12.6. The van der Waals surface area contributed by atoms with Crippen LogP contribution in [0, 0.1) is 0 Å². The second-order valence-electron chi connectivity index (χ2n) is 18.7. The van der Waals surface area contributed by atoms with Crippen LogP contribution in [0.4, 0.5) is 0 Å². The average Bonchev–Trinajstić information content (AvgIpc) is 4.07. The minimum Gasteiger partial charge on any atom is -0.292 e. The zero-order chi connectivity index (χ0) is 46.1. The van der Waals surface area contributed by atoms with Gasteiger partial charge in [0.15, 0.2) is 0 Å². The number of aromatic nitrogens is 4. The van der Waals surface area contributed by atoms with Gasteiger partial charge in [0.1, 0.15) is 11.6 Å². The summed E-state index contributed by atoms with van der Waals surface area (Å²) in [5, 5.41) is 0. The van der Waals surface area contributed by atoms with Crippen LogP contribution < -0.4 is 0 Å². The van der Waals surface area contributed by atoms with Gasteiger partial charge >= 0.3 is 0 Å². The third kappa shape index (κ3) is 6.91. The lowest BCUT2D eigenvalue weighted by Crippen LogP contribution is -2.14. The summed E-state index contributed by atoms with van der Waals surface area (Å²) in [6.45, 7) is 4.70. The molecule has 0 unspecified atom stereocenters. The molecule has 4 heteroatoms.